The smallest absolute Gasteiger partial charge is 0.242 e. The molecule has 0 saturated carbocycles. The number of sulfonamides is 1. The van der Waals surface area contributed by atoms with Crippen LogP contribution in [0.2, 0.25) is 5.02 Å². The quantitative estimate of drug-likeness (QED) is 0.401. The number of nitrogens with zero attached hydrogens (tertiary/aromatic N) is 2. The number of nitrogens with one attached hydrogen (secondary N) is 1. The van der Waals surface area contributed by atoms with Gasteiger partial charge >= 0.3 is 0 Å². The summed E-state index contributed by atoms with van der Waals surface area (Å²) in [7, 11) is -3.62. The van der Waals surface area contributed by atoms with Crippen molar-refractivity contribution in [2.24, 2.45) is 0 Å². The number of hydrogen-bond donors (Lipinski definition) is 1. The van der Waals surface area contributed by atoms with Crippen LogP contribution in [0.3, 0.4) is 0 Å². The number of anilines is 1. The Morgan fingerprint density at radius 3 is 2.36 bits per heavy atom. The van der Waals surface area contributed by atoms with E-state index in [1.165, 1.54) is 21.3 Å². The molecular formula is C26H35ClFN3O4S. The van der Waals surface area contributed by atoms with E-state index >= 15 is 0 Å². The molecule has 2 amide bonds. The lowest BCUT2D eigenvalue weighted by atomic mass is 10.1. The highest BCUT2D eigenvalue weighted by Crippen LogP contribution is 2.28. The van der Waals surface area contributed by atoms with E-state index in [1.807, 2.05) is 13.8 Å². The SMILES string of the molecule is CCCNC(=O)[C@@H](CC)N(Cc1ccc(F)cc1)C(=O)CCCN(c1cccc(Cl)c1C)S(C)(=O)=O. The molecule has 0 heterocycles. The molecule has 198 valence electrons. The topological polar surface area (TPSA) is 86.8 Å². The van der Waals surface area contributed by atoms with Crippen LogP contribution in [0.15, 0.2) is 42.5 Å². The van der Waals surface area contributed by atoms with Crippen molar-refractivity contribution < 1.29 is 22.4 Å². The summed E-state index contributed by atoms with van der Waals surface area (Å²) in [4.78, 5) is 27.7. The molecule has 2 rings (SSSR count). The molecule has 7 nitrogen and oxygen atoms in total. The number of amides is 2. The molecule has 0 bridgehead atoms. The average molecular weight is 540 g/mol. The Morgan fingerprint density at radius 1 is 1.11 bits per heavy atom. The van der Waals surface area contributed by atoms with Gasteiger partial charge in [0.15, 0.2) is 0 Å². The number of rotatable bonds is 13. The number of benzene rings is 2. The first kappa shape index (κ1) is 29.6. The lowest BCUT2D eigenvalue weighted by Crippen LogP contribution is -2.49. The van der Waals surface area contributed by atoms with Crippen molar-refractivity contribution >= 4 is 39.1 Å². The summed E-state index contributed by atoms with van der Waals surface area (Å²) in [6, 6.07) is 10.1. The van der Waals surface area contributed by atoms with Crippen LogP contribution in [0.4, 0.5) is 10.1 Å². The Morgan fingerprint density at radius 2 is 1.78 bits per heavy atom. The van der Waals surface area contributed by atoms with Gasteiger partial charge in [0.2, 0.25) is 21.8 Å². The van der Waals surface area contributed by atoms with E-state index < -0.39 is 16.1 Å². The van der Waals surface area contributed by atoms with Gasteiger partial charge in [0, 0.05) is 31.1 Å². The summed E-state index contributed by atoms with van der Waals surface area (Å²) < 4.78 is 39.7. The van der Waals surface area contributed by atoms with Gasteiger partial charge < -0.3 is 10.2 Å². The van der Waals surface area contributed by atoms with Gasteiger partial charge in [0.1, 0.15) is 11.9 Å². The van der Waals surface area contributed by atoms with Gasteiger partial charge in [-0.2, -0.15) is 0 Å². The third kappa shape index (κ3) is 8.20. The summed E-state index contributed by atoms with van der Waals surface area (Å²) in [5.74, 6) is -0.919. The normalized spacial score (nSPS) is 12.2. The molecule has 1 N–H and O–H groups in total. The minimum atomic E-state index is -3.62. The van der Waals surface area contributed by atoms with E-state index in [2.05, 4.69) is 5.32 Å². The molecule has 2 aromatic carbocycles. The minimum absolute atomic E-state index is 0.0321. The van der Waals surface area contributed by atoms with Crippen molar-refractivity contribution in [3.8, 4) is 0 Å². The molecule has 0 aromatic heterocycles. The second-order valence-electron chi connectivity index (χ2n) is 8.69. The zero-order valence-electron chi connectivity index (χ0n) is 21.3. The molecule has 0 unspecified atom stereocenters. The lowest BCUT2D eigenvalue weighted by molar-refractivity contribution is -0.141. The van der Waals surface area contributed by atoms with Crippen LogP contribution in [0.5, 0.6) is 0 Å². The molecule has 0 aliphatic rings. The molecule has 1 atom stereocenters. The van der Waals surface area contributed by atoms with Crippen LogP contribution in [0, 0.1) is 12.7 Å². The lowest BCUT2D eigenvalue weighted by Gasteiger charge is -2.31. The van der Waals surface area contributed by atoms with E-state index in [4.69, 9.17) is 11.6 Å². The number of halogens is 2. The minimum Gasteiger partial charge on any atom is -0.354 e. The highest BCUT2D eigenvalue weighted by atomic mass is 35.5. The van der Waals surface area contributed by atoms with Gasteiger partial charge in [0.05, 0.1) is 11.9 Å². The van der Waals surface area contributed by atoms with Crippen LogP contribution in [-0.4, -0.2) is 50.5 Å². The third-order valence-electron chi connectivity index (χ3n) is 5.86. The van der Waals surface area contributed by atoms with E-state index in [1.54, 1.807) is 37.3 Å². The third-order valence-corrected chi connectivity index (χ3v) is 7.45. The summed E-state index contributed by atoms with van der Waals surface area (Å²) in [5.41, 5.74) is 1.79. The van der Waals surface area contributed by atoms with Gasteiger partial charge in [-0.1, -0.05) is 43.6 Å². The van der Waals surface area contributed by atoms with E-state index in [-0.39, 0.29) is 43.6 Å². The van der Waals surface area contributed by atoms with Crippen molar-refractivity contribution in [2.75, 3.05) is 23.7 Å². The molecule has 0 fully saturated rings. The Labute approximate surface area is 218 Å². The molecule has 36 heavy (non-hydrogen) atoms. The maximum absolute atomic E-state index is 13.4. The molecule has 0 saturated heterocycles. The van der Waals surface area contributed by atoms with Crippen molar-refractivity contribution in [3.63, 3.8) is 0 Å². The highest BCUT2D eigenvalue weighted by Gasteiger charge is 2.29. The van der Waals surface area contributed by atoms with Crippen molar-refractivity contribution in [1.29, 1.82) is 0 Å². The zero-order chi connectivity index (χ0) is 26.9. The summed E-state index contributed by atoms with van der Waals surface area (Å²) in [6.45, 7) is 6.23. The fourth-order valence-corrected chi connectivity index (χ4v) is 5.11. The van der Waals surface area contributed by atoms with Crippen LogP contribution in [0.25, 0.3) is 0 Å². The second-order valence-corrected chi connectivity index (χ2v) is 11.0. The van der Waals surface area contributed by atoms with Crippen LogP contribution in [0.1, 0.15) is 50.7 Å². The predicted molar refractivity (Wildman–Crippen MR) is 142 cm³/mol. The van der Waals surface area contributed by atoms with Crippen LogP contribution in [-0.2, 0) is 26.2 Å². The number of carbonyl (C=O) groups excluding carboxylic acids is 2. The van der Waals surface area contributed by atoms with Crippen LogP contribution >= 0.6 is 11.6 Å². The molecule has 2 aromatic rings. The van der Waals surface area contributed by atoms with Gasteiger partial charge in [-0.05, 0) is 61.6 Å². The fraction of sp³-hybridized carbons (Fsp3) is 0.462. The van der Waals surface area contributed by atoms with Gasteiger partial charge in [-0.15, -0.1) is 0 Å². The van der Waals surface area contributed by atoms with Gasteiger partial charge in [-0.3, -0.25) is 13.9 Å². The Balaban J connectivity index is 2.23. The highest BCUT2D eigenvalue weighted by molar-refractivity contribution is 7.92. The van der Waals surface area contributed by atoms with Crippen LogP contribution < -0.4 is 9.62 Å². The Hall–Kier alpha value is -2.65. The second kappa shape index (κ2) is 13.6. The first-order valence-electron chi connectivity index (χ1n) is 12.0. The maximum atomic E-state index is 13.4. The molecule has 0 spiro atoms. The Bertz CT molecular complexity index is 1140. The molecule has 10 heteroatoms. The van der Waals surface area contributed by atoms with Crippen molar-refractivity contribution in [1.82, 2.24) is 10.2 Å². The molecule has 0 aliphatic heterocycles. The van der Waals surface area contributed by atoms with E-state index in [0.29, 0.717) is 34.8 Å². The fourth-order valence-electron chi connectivity index (χ4n) is 3.92. The van der Waals surface area contributed by atoms with Crippen molar-refractivity contribution in [3.05, 3.63) is 64.4 Å². The van der Waals surface area contributed by atoms with Crippen molar-refractivity contribution in [2.45, 2.75) is 59.0 Å². The number of hydrogen-bond acceptors (Lipinski definition) is 4. The first-order chi connectivity index (χ1) is 17.0. The monoisotopic (exact) mass is 539 g/mol. The Kier molecular flexibility index (Phi) is 11.2. The standard InChI is InChI=1S/C26H35ClFN3O4S/c1-5-16-29-26(33)23(6-2)30(18-20-12-14-21(28)15-13-20)25(32)11-8-17-31(36(4,34)35)24-10-7-9-22(27)19(24)3/h7,9-10,12-15,23H,5-6,8,11,16-18H2,1-4H3,(H,29,33)/t23-/m1/s1. The van der Waals surface area contributed by atoms with Gasteiger partial charge in [-0.25, -0.2) is 12.8 Å². The predicted octanol–water partition coefficient (Wildman–Crippen LogP) is 4.67. The van der Waals surface area contributed by atoms with E-state index in [0.717, 1.165) is 12.7 Å². The van der Waals surface area contributed by atoms with E-state index in [9.17, 15) is 22.4 Å². The maximum Gasteiger partial charge on any atom is 0.242 e. The zero-order valence-corrected chi connectivity index (χ0v) is 22.8. The van der Waals surface area contributed by atoms with Gasteiger partial charge in [0.25, 0.3) is 0 Å². The summed E-state index contributed by atoms with van der Waals surface area (Å²) >= 11 is 6.19. The largest absolute Gasteiger partial charge is 0.354 e. The molecule has 0 radical (unpaired) electrons. The summed E-state index contributed by atoms with van der Waals surface area (Å²) in [5, 5.41) is 3.30. The molecule has 0 aliphatic carbocycles. The first-order valence-corrected chi connectivity index (χ1v) is 14.3. The average Bonchev–Trinajstić information content (AvgIpc) is 2.82. The molecular weight excluding hydrogens is 505 g/mol. The summed E-state index contributed by atoms with van der Waals surface area (Å²) in [6.07, 6.45) is 2.55. The number of carbonyl (C=O) groups is 2.